The van der Waals surface area contributed by atoms with Gasteiger partial charge >= 0.3 is 0 Å². The topological polar surface area (TPSA) is 62.5 Å². The third kappa shape index (κ3) is 6.46. The minimum Gasteiger partial charge on any atom is -0.208 e. The zero-order valence-electron chi connectivity index (χ0n) is 28.4. The molecule has 2 aliphatic rings. The summed E-state index contributed by atoms with van der Waals surface area (Å²) in [6.45, 7) is 18.2. The zero-order valence-corrected chi connectivity index (χ0v) is 28.4. The standard InChI is InChI=1S/C41H48N4/c1-26-17-28-18-27(2)23-41(22-26,24-28)35-20-29(25-42)19-32(21-35)38-44-36(30-9-13-33(14-10-30)39(3,4)5)43-37(45-38)31-11-15-34(16-12-31)40(6,7)8/h9-16,19-21,26-28H,17-18,22-24H2,1-8H3/t26-,27+,28-,41?. The average molecular weight is 597 g/mol. The molecular formula is C41H48N4. The van der Waals surface area contributed by atoms with Gasteiger partial charge in [-0.3, -0.25) is 0 Å². The second kappa shape index (κ2) is 11.5. The predicted molar refractivity (Wildman–Crippen MR) is 185 cm³/mol. The van der Waals surface area contributed by atoms with E-state index >= 15 is 0 Å². The van der Waals surface area contributed by atoms with Crippen molar-refractivity contribution in [3.05, 3.63) is 89.0 Å². The molecule has 4 heteroatoms. The van der Waals surface area contributed by atoms with E-state index in [2.05, 4.69) is 122 Å². The highest BCUT2D eigenvalue weighted by Crippen LogP contribution is 2.54. The Labute approximate surface area is 270 Å². The highest BCUT2D eigenvalue weighted by atomic mass is 15.0. The Kier molecular flexibility index (Phi) is 7.97. The summed E-state index contributed by atoms with van der Waals surface area (Å²) in [5, 5.41) is 10.2. The molecule has 3 aromatic carbocycles. The molecule has 0 radical (unpaired) electrons. The molecule has 2 bridgehead atoms. The Bertz CT molecular complexity index is 1630. The van der Waals surface area contributed by atoms with E-state index in [0.717, 1.165) is 22.6 Å². The van der Waals surface area contributed by atoms with Gasteiger partial charge < -0.3 is 0 Å². The SMILES string of the molecule is C[C@@H]1C[C@@H]2C[C@H](C)CC(c3cc(C#N)cc(-c4nc(-c5ccc(C(C)(C)C)cc5)nc(-c5ccc(C(C)(C)C)cc5)n4)c3)(C1)C2. The van der Waals surface area contributed by atoms with Crippen molar-refractivity contribution < 1.29 is 0 Å². The normalized spacial score (nSPS) is 23.4. The van der Waals surface area contributed by atoms with Gasteiger partial charge in [0.05, 0.1) is 11.6 Å². The number of aromatic nitrogens is 3. The quantitative estimate of drug-likeness (QED) is 0.235. The fraction of sp³-hybridized carbons (Fsp3) is 0.463. The van der Waals surface area contributed by atoms with Crippen molar-refractivity contribution >= 4 is 0 Å². The first kappa shape index (κ1) is 31.2. The number of rotatable bonds is 4. The van der Waals surface area contributed by atoms with Crippen LogP contribution in [0.3, 0.4) is 0 Å². The molecular weight excluding hydrogens is 548 g/mol. The van der Waals surface area contributed by atoms with Crippen LogP contribution in [0.1, 0.15) is 110 Å². The van der Waals surface area contributed by atoms with Crippen LogP contribution in [0.4, 0.5) is 0 Å². The van der Waals surface area contributed by atoms with Crippen molar-refractivity contribution in [3.8, 4) is 40.2 Å². The number of nitrogens with zero attached hydrogens (tertiary/aromatic N) is 4. The smallest absolute Gasteiger partial charge is 0.164 e. The lowest BCUT2D eigenvalue weighted by Gasteiger charge is -2.50. The molecule has 4 atom stereocenters. The first-order valence-electron chi connectivity index (χ1n) is 16.8. The van der Waals surface area contributed by atoms with Gasteiger partial charge in [-0.05, 0) is 101 Å². The summed E-state index contributed by atoms with van der Waals surface area (Å²) in [6.07, 6.45) is 6.20. The Morgan fingerprint density at radius 1 is 0.622 bits per heavy atom. The molecule has 4 aromatic rings. The van der Waals surface area contributed by atoms with Crippen molar-refractivity contribution in [2.75, 3.05) is 0 Å². The highest BCUT2D eigenvalue weighted by molar-refractivity contribution is 5.68. The fourth-order valence-electron chi connectivity index (χ4n) is 8.19. The summed E-state index contributed by atoms with van der Waals surface area (Å²) in [7, 11) is 0. The van der Waals surface area contributed by atoms with Gasteiger partial charge in [0.2, 0.25) is 0 Å². The number of fused-ring (bicyclic) bond motifs is 2. The van der Waals surface area contributed by atoms with E-state index in [0.29, 0.717) is 34.9 Å². The van der Waals surface area contributed by atoms with Crippen LogP contribution in [0, 0.1) is 29.1 Å². The lowest BCUT2D eigenvalue weighted by atomic mass is 9.54. The first-order chi connectivity index (χ1) is 21.2. The zero-order chi connectivity index (χ0) is 32.1. The third-order valence-corrected chi connectivity index (χ3v) is 10.2. The first-order valence-corrected chi connectivity index (χ1v) is 16.8. The van der Waals surface area contributed by atoms with Crippen LogP contribution < -0.4 is 0 Å². The van der Waals surface area contributed by atoms with Gasteiger partial charge in [-0.1, -0.05) is 104 Å². The Morgan fingerprint density at radius 3 is 1.49 bits per heavy atom. The Balaban J connectivity index is 1.50. The predicted octanol–water partition coefficient (Wildman–Crippen LogP) is 10.4. The molecule has 2 aliphatic carbocycles. The van der Waals surface area contributed by atoms with Crippen LogP contribution in [0.2, 0.25) is 0 Å². The molecule has 6 rings (SSSR count). The number of hydrogen-bond acceptors (Lipinski definition) is 4. The number of benzene rings is 3. The van der Waals surface area contributed by atoms with Crippen LogP contribution in [0.5, 0.6) is 0 Å². The van der Waals surface area contributed by atoms with Gasteiger partial charge in [0.25, 0.3) is 0 Å². The van der Waals surface area contributed by atoms with Gasteiger partial charge in [-0.2, -0.15) is 5.26 Å². The minimum absolute atomic E-state index is 0.0581. The average Bonchev–Trinajstić information content (AvgIpc) is 2.99. The maximum atomic E-state index is 10.2. The summed E-state index contributed by atoms with van der Waals surface area (Å²) >= 11 is 0. The third-order valence-electron chi connectivity index (χ3n) is 10.2. The molecule has 1 heterocycles. The number of nitriles is 1. The molecule has 0 aliphatic heterocycles. The van der Waals surface area contributed by atoms with Crippen molar-refractivity contribution in [1.29, 1.82) is 5.26 Å². The molecule has 0 amide bonds. The molecule has 0 N–H and O–H groups in total. The van der Waals surface area contributed by atoms with Crippen molar-refractivity contribution in [1.82, 2.24) is 15.0 Å². The second-order valence-corrected chi connectivity index (χ2v) is 16.3. The van der Waals surface area contributed by atoms with Gasteiger partial charge in [-0.25, -0.2) is 15.0 Å². The van der Waals surface area contributed by atoms with E-state index in [1.54, 1.807) is 0 Å². The summed E-state index contributed by atoms with van der Waals surface area (Å²) in [5.41, 5.74) is 7.53. The van der Waals surface area contributed by atoms with Gasteiger partial charge in [0.15, 0.2) is 17.5 Å². The molecule has 45 heavy (non-hydrogen) atoms. The monoisotopic (exact) mass is 596 g/mol. The van der Waals surface area contributed by atoms with E-state index < -0.39 is 0 Å². The minimum atomic E-state index is 0.0581. The van der Waals surface area contributed by atoms with Crippen molar-refractivity contribution in [2.45, 2.75) is 104 Å². The molecule has 2 fully saturated rings. The molecule has 4 nitrogen and oxygen atoms in total. The van der Waals surface area contributed by atoms with Gasteiger partial charge in [0.1, 0.15) is 0 Å². The van der Waals surface area contributed by atoms with Crippen molar-refractivity contribution in [2.24, 2.45) is 17.8 Å². The van der Waals surface area contributed by atoms with Gasteiger partial charge in [-0.15, -0.1) is 0 Å². The van der Waals surface area contributed by atoms with Gasteiger partial charge in [0, 0.05) is 16.7 Å². The lowest BCUT2D eigenvalue weighted by molar-refractivity contribution is 0.0780. The Hall–Kier alpha value is -3.84. The van der Waals surface area contributed by atoms with E-state index in [-0.39, 0.29) is 16.2 Å². The lowest BCUT2D eigenvalue weighted by Crippen LogP contribution is -2.42. The highest BCUT2D eigenvalue weighted by Gasteiger charge is 2.45. The van der Waals surface area contributed by atoms with Crippen LogP contribution >= 0.6 is 0 Å². The van der Waals surface area contributed by atoms with Crippen LogP contribution in [0.25, 0.3) is 34.2 Å². The maximum absolute atomic E-state index is 10.2. The maximum Gasteiger partial charge on any atom is 0.164 e. The molecule has 2 saturated carbocycles. The number of hydrogen-bond donors (Lipinski definition) is 0. The van der Waals surface area contributed by atoms with E-state index in [1.165, 1.54) is 48.8 Å². The van der Waals surface area contributed by atoms with Crippen LogP contribution in [-0.4, -0.2) is 15.0 Å². The largest absolute Gasteiger partial charge is 0.208 e. The van der Waals surface area contributed by atoms with E-state index in [1.807, 2.05) is 6.07 Å². The second-order valence-electron chi connectivity index (χ2n) is 16.3. The summed E-state index contributed by atoms with van der Waals surface area (Å²) in [5.74, 6) is 4.05. The van der Waals surface area contributed by atoms with Crippen LogP contribution in [0.15, 0.2) is 66.7 Å². The molecule has 0 saturated heterocycles. The summed E-state index contributed by atoms with van der Waals surface area (Å²) in [4.78, 5) is 15.2. The van der Waals surface area contributed by atoms with Crippen molar-refractivity contribution in [3.63, 3.8) is 0 Å². The van der Waals surface area contributed by atoms with E-state index in [4.69, 9.17) is 15.0 Å². The molecule has 1 aromatic heterocycles. The molecule has 0 spiro atoms. The fourth-order valence-corrected chi connectivity index (χ4v) is 8.19. The Morgan fingerprint density at radius 2 is 1.07 bits per heavy atom. The summed E-state index contributed by atoms with van der Waals surface area (Å²) < 4.78 is 0. The van der Waals surface area contributed by atoms with E-state index in [9.17, 15) is 5.26 Å². The molecule has 232 valence electrons. The summed E-state index contributed by atoms with van der Waals surface area (Å²) in [6, 6.07) is 26.1. The molecule has 1 unspecified atom stereocenters. The van der Waals surface area contributed by atoms with Crippen LogP contribution in [-0.2, 0) is 16.2 Å².